The van der Waals surface area contributed by atoms with Crippen LogP contribution in [0, 0.1) is 5.92 Å². The van der Waals surface area contributed by atoms with Crippen LogP contribution in [0.25, 0.3) is 0 Å². The third-order valence-electron chi connectivity index (χ3n) is 2.69. The molecule has 0 unspecified atom stereocenters. The summed E-state index contributed by atoms with van der Waals surface area (Å²) >= 11 is 0. The number of nitrogens with one attached hydrogen (secondary N) is 1. The molecule has 0 saturated carbocycles. The van der Waals surface area contributed by atoms with Gasteiger partial charge >= 0.3 is 0 Å². The molecule has 1 N–H and O–H groups in total. The Balaban J connectivity index is 2.22. The van der Waals surface area contributed by atoms with Crippen molar-refractivity contribution in [1.82, 2.24) is 9.88 Å². The van der Waals surface area contributed by atoms with E-state index in [2.05, 4.69) is 42.1 Å². The van der Waals surface area contributed by atoms with Gasteiger partial charge in [0.05, 0.1) is 19.8 Å². The molecular weight excluding hydrogens is 228 g/mol. The maximum atomic E-state index is 5.48. The van der Waals surface area contributed by atoms with Crippen molar-refractivity contribution in [2.75, 3.05) is 33.5 Å². The Hall–Kier alpha value is -0.840. The summed E-state index contributed by atoms with van der Waals surface area (Å²) in [5, 5.41) is 3.46. The highest BCUT2D eigenvalue weighted by Crippen LogP contribution is 2.02. The first-order chi connectivity index (χ1) is 8.74. The molecule has 1 rings (SSSR count). The van der Waals surface area contributed by atoms with E-state index in [0.29, 0.717) is 19.1 Å². The highest BCUT2D eigenvalue weighted by atomic mass is 16.5. The van der Waals surface area contributed by atoms with Crippen molar-refractivity contribution in [2.24, 2.45) is 5.92 Å². The third kappa shape index (κ3) is 6.19. The van der Waals surface area contributed by atoms with Crippen LogP contribution in [0.5, 0.6) is 0 Å². The number of methoxy groups -OCH3 is 1. The van der Waals surface area contributed by atoms with Crippen LogP contribution in [0.2, 0.25) is 0 Å². The molecule has 0 amide bonds. The summed E-state index contributed by atoms with van der Waals surface area (Å²) in [5.41, 5.74) is 1.31. The van der Waals surface area contributed by atoms with Crippen LogP contribution in [0.4, 0.5) is 0 Å². The van der Waals surface area contributed by atoms with Crippen molar-refractivity contribution >= 4 is 0 Å². The van der Waals surface area contributed by atoms with E-state index in [1.54, 1.807) is 7.11 Å². The average Bonchev–Trinajstić information content (AvgIpc) is 2.76. The monoisotopic (exact) mass is 254 g/mol. The molecule has 0 radical (unpaired) electrons. The molecule has 4 nitrogen and oxygen atoms in total. The van der Waals surface area contributed by atoms with Gasteiger partial charge in [0.15, 0.2) is 0 Å². The van der Waals surface area contributed by atoms with E-state index in [1.807, 2.05) is 0 Å². The normalized spacial score (nSPS) is 11.3. The number of rotatable bonds is 10. The molecular formula is C14H26N2O2. The largest absolute Gasteiger partial charge is 0.382 e. The van der Waals surface area contributed by atoms with Crippen molar-refractivity contribution in [3.8, 4) is 0 Å². The summed E-state index contributed by atoms with van der Waals surface area (Å²) in [6.45, 7) is 9.36. The number of aromatic nitrogens is 1. The molecule has 0 aliphatic carbocycles. The predicted octanol–water partition coefficient (Wildman–Crippen LogP) is 1.90. The van der Waals surface area contributed by atoms with Crippen molar-refractivity contribution in [2.45, 2.75) is 26.9 Å². The summed E-state index contributed by atoms with van der Waals surface area (Å²) in [5.74, 6) is 0.686. The lowest BCUT2D eigenvalue weighted by Gasteiger charge is -2.11. The number of hydrogen-bond acceptors (Lipinski definition) is 3. The molecule has 1 aromatic heterocycles. The van der Waals surface area contributed by atoms with Gasteiger partial charge in [-0.15, -0.1) is 0 Å². The fourth-order valence-corrected chi connectivity index (χ4v) is 1.72. The van der Waals surface area contributed by atoms with Gasteiger partial charge in [0.25, 0.3) is 0 Å². The van der Waals surface area contributed by atoms with E-state index in [1.165, 1.54) is 5.69 Å². The molecule has 1 aromatic rings. The first-order valence-corrected chi connectivity index (χ1v) is 6.65. The fraction of sp³-hybridized carbons (Fsp3) is 0.714. The SMILES string of the molecule is COCCOCCn1cccc1CNCC(C)C. The Morgan fingerprint density at radius 2 is 2.11 bits per heavy atom. The summed E-state index contributed by atoms with van der Waals surface area (Å²) in [6, 6.07) is 4.24. The van der Waals surface area contributed by atoms with Gasteiger partial charge < -0.3 is 19.4 Å². The van der Waals surface area contributed by atoms with Gasteiger partial charge in [-0.2, -0.15) is 0 Å². The minimum absolute atomic E-state index is 0.661. The van der Waals surface area contributed by atoms with Crippen LogP contribution in [-0.2, 0) is 22.6 Å². The molecule has 1 heterocycles. The maximum Gasteiger partial charge on any atom is 0.0701 e. The Morgan fingerprint density at radius 3 is 2.83 bits per heavy atom. The fourth-order valence-electron chi connectivity index (χ4n) is 1.72. The first-order valence-electron chi connectivity index (χ1n) is 6.65. The van der Waals surface area contributed by atoms with Gasteiger partial charge in [-0.05, 0) is 24.6 Å². The van der Waals surface area contributed by atoms with E-state index >= 15 is 0 Å². The van der Waals surface area contributed by atoms with Gasteiger partial charge in [-0.1, -0.05) is 13.8 Å². The number of nitrogens with zero attached hydrogens (tertiary/aromatic N) is 1. The molecule has 0 atom stereocenters. The lowest BCUT2D eigenvalue weighted by Crippen LogP contribution is -2.21. The second-order valence-corrected chi connectivity index (χ2v) is 4.82. The van der Waals surface area contributed by atoms with Crippen molar-refractivity contribution in [3.63, 3.8) is 0 Å². The van der Waals surface area contributed by atoms with Crippen LogP contribution in [-0.4, -0.2) is 38.0 Å². The van der Waals surface area contributed by atoms with Gasteiger partial charge in [0.1, 0.15) is 0 Å². The Labute approximate surface area is 110 Å². The van der Waals surface area contributed by atoms with E-state index in [9.17, 15) is 0 Å². The van der Waals surface area contributed by atoms with Gasteiger partial charge in [0, 0.05) is 32.1 Å². The molecule has 0 aliphatic rings. The summed E-state index contributed by atoms with van der Waals surface area (Å²) < 4.78 is 12.7. The minimum Gasteiger partial charge on any atom is -0.382 e. The molecule has 4 heteroatoms. The van der Waals surface area contributed by atoms with Crippen molar-refractivity contribution < 1.29 is 9.47 Å². The topological polar surface area (TPSA) is 35.4 Å². The second kappa shape index (κ2) is 9.14. The average molecular weight is 254 g/mol. The highest BCUT2D eigenvalue weighted by Gasteiger charge is 2.01. The van der Waals surface area contributed by atoms with Crippen LogP contribution < -0.4 is 5.32 Å². The lowest BCUT2D eigenvalue weighted by molar-refractivity contribution is 0.0663. The quantitative estimate of drug-likeness (QED) is 0.648. The zero-order valence-electron chi connectivity index (χ0n) is 11.8. The maximum absolute atomic E-state index is 5.48. The van der Waals surface area contributed by atoms with Crippen LogP contribution in [0.15, 0.2) is 18.3 Å². The number of hydrogen-bond donors (Lipinski definition) is 1. The lowest BCUT2D eigenvalue weighted by atomic mass is 10.2. The molecule has 0 aromatic carbocycles. The summed E-state index contributed by atoms with van der Waals surface area (Å²) in [4.78, 5) is 0. The Bertz CT molecular complexity index is 310. The van der Waals surface area contributed by atoms with Gasteiger partial charge in [-0.3, -0.25) is 0 Å². The van der Waals surface area contributed by atoms with E-state index in [0.717, 1.165) is 26.2 Å². The minimum atomic E-state index is 0.661. The van der Waals surface area contributed by atoms with E-state index < -0.39 is 0 Å². The van der Waals surface area contributed by atoms with E-state index in [-0.39, 0.29) is 0 Å². The standard InChI is InChI=1S/C14H26N2O2/c1-13(2)11-15-12-14-5-4-6-16(14)7-8-18-10-9-17-3/h4-6,13,15H,7-12H2,1-3H3. The molecule has 104 valence electrons. The van der Waals surface area contributed by atoms with Crippen LogP contribution >= 0.6 is 0 Å². The van der Waals surface area contributed by atoms with Gasteiger partial charge in [-0.25, -0.2) is 0 Å². The molecule has 0 aliphatic heterocycles. The molecule has 0 fully saturated rings. The molecule has 0 saturated heterocycles. The van der Waals surface area contributed by atoms with Crippen molar-refractivity contribution in [3.05, 3.63) is 24.0 Å². The van der Waals surface area contributed by atoms with Crippen molar-refractivity contribution in [1.29, 1.82) is 0 Å². The van der Waals surface area contributed by atoms with E-state index in [4.69, 9.17) is 9.47 Å². The van der Waals surface area contributed by atoms with Crippen LogP contribution in [0.3, 0.4) is 0 Å². The smallest absolute Gasteiger partial charge is 0.0701 e. The summed E-state index contributed by atoms with van der Waals surface area (Å²) in [6.07, 6.45) is 2.10. The Morgan fingerprint density at radius 1 is 1.28 bits per heavy atom. The molecule has 0 spiro atoms. The third-order valence-corrected chi connectivity index (χ3v) is 2.69. The second-order valence-electron chi connectivity index (χ2n) is 4.82. The van der Waals surface area contributed by atoms with Gasteiger partial charge in [0.2, 0.25) is 0 Å². The highest BCUT2D eigenvalue weighted by molar-refractivity contribution is 5.06. The zero-order valence-corrected chi connectivity index (χ0v) is 11.8. The summed E-state index contributed by atoms with van der Waals surface area (Å²) in [7, 11) is 1.69. The first kappa shape index (κ1) is 15.2. The van der Waals surface area contributed by atoms with Crippen LogP contribution in [0.1, 0.15) is 19.5 Å². The molecule has 18 heavy (non-hydrogen) atoms. The molecule has 0 bridgehead atoms. The Kier molecular flexibility index (Phi) is 7.73. The zero-order chi connectivity index (χ0) is 13.2. The number of ether oxygens (including phenoxy) is 2. The predicted molar refractivity (Wildman–Crippen MR) is 73.7 cm³/mol.